The van der Waals surface area contributed by atoms with Gasteiger partial charge in [0.05, 0.1) is 11.3 Å². The minimum atomic E-state index is -4.75. The number of benzene rings is 2. The Labute approximate surface area is 181 Å². The first-order chi connectivity index (χ1) is 15.2. The maximum Gasteiger partial charge on any atom is 0.417 e. The number of aromatic nitrogens is 1. The van der Waals surface area contributed by atoms with Crippen LogP contribution in [0.4, 0.5) is 17.6 Å². The number of pyridine rings is 1. The number of alkyl halides is 3. The molecule has 1 atom stereocenters. The van der Waals surface area contributed by atoms with Crippen molar-refractivity contribution in [3.05, 3.63) is 101 Å². The summed E-state index contributed by atoms with van der Waals surface area (Å²) in [5, 5.41) is 0. The molecule has 0 saturated carbocycles. The summed E-state index contributed by atoms with van der Waals surface area (Å²) in [5.74, 6) is -1.41. The molecule has 1 aromatic heterocycles. The average Bonchev–Trinajstić information content (AvgIpc) is 3.24. The van der Waals surface area contributed by atoms with Crippen molar-refractivity contribution in [2.45, 2.75) is 18.1 Å². The van der Waals surface area contributed by atoms with E-state index in [2.05, 4.69) is 9.98 Å². The van der Waals surface area contributed by atoms with Gasteiger partial charge in [-0.3, -0.25) is 14.8 Å². The number of rotatable bonds is 5. The van der Waals surface area contributed by atoms with Crippen molar-refractivity contribution in [1.29, 1.82) is 0 Å². The Hall–Kier alpha value is -3.81. The van der Waals surface area contributed by atoms with E-state index >= 15 is 0 Å². The highest BCUT2D eigenvalue weighted by atomic mass is 19.4. The van der Waals surface area contributed by atoms with Gasteiger partial charge in [0.25, 0.3) is 0 Å². The second-order valence-corrected chi connectivity index (χ2v) is 7.35. The van der Waals surface area contributed by atoms with Crippen LogP contribution in [0.3, 0.4) is 0 Å². The lowest BCUT2D eigenvalue weighted by atomic mass is 9.83. The molecule has 0 saturated heterocycles. The quantitative estimate of drug-likeness (QED) is 0.563. The monoisotopic (exact) mass is 439 g/mol. The van der Waals surface area contributed by atoms with Crippen LogP contribution in [0.1, 0.15) is 27.2 Å². The number of carbonyl (C=O) groups excluding carboxylic acids is 1. The van der Waals surface area contributed by atoms with E-state index in [0.717, 1.165) is 6.07 Å². The van der Waals surface area contributed by atoms with Crippen LogP contribution in [-0.4, -0.2) is 17.1 Å². The molecular weight excluding hydrogens is 422 g/mol. The third-order valence-corrected chi connectivity index (χ3v) is 5.30. The molecule has 1 unspecified atom stereocenters. The van der Waals surface area contributed by atoms with Crippen LogP contribution in [0, 0.1) is 5.82 Å². The fourth-order valence-corrected chi connectivity index (χ4v) is 3.82. The van der Waals surface area contributed by atoms with Crippen molar-refractivity contribution in [2.75, 3.05) is 0 Å². The van der Waals surface area contributed by atoms with Crippen molar-refractivity contribution in [2.24, 2.45) is 10.7 Å². The number of nitrogens with zero attached hydrogens (tertiary/aromatic N) is 2. The van der Waals surface area contributed by atoms with E-state index in [-0.39, 0.29) is 28.8 Å². The number of aliphatic imine (C=N–C) groups is 1. The number of allylic oxidation sites excluding steroid dienone is 1. The molecule has 4 rings (SSSR count). The van der Waals surface area contributed by atoms with Gasteiger partial charge in [0.1, 0.15) is 11.4 Å². The molecule has 8 heteroatoms. The molecule has 1 aliphatic heterocycles. The molecule has 1 amide bonds. The number of carbonyl (C=O) groups is 1. The number of nitrogens with two attached hydrogens (primary N) is 1. The predicted molar refractivity (Wildman–Crippen MR) is 113 cm³/mol. The first kappa shape index (κ1) is 21.4. The summed E-state index contributed by atoms with van der Waals surface area (Å²) in [5.41, 5.74) is 3.32. The fourth-order valence-electron chi connectivity index (χ4n) is 3.82. The van der Waals surface area contributed by atoms with Crippen molar-refractivity contribution in [3.8, 4) is 11.1 Å². The van der Waals surface area contributed by atoms with Crippen molar-refractivity contribution < 1.29 is 22.4 Å². The zero-order valence-electron chi connectivity index (χ0n) is 16.6. The summed E-state index contributed by atoms with van der Waals surface area (Å²) in [6, 6.07) is 12.3. The van der Waals surface area contributed by atoms with E-state index in [1.54, 1.807) is 30.4 Å². The van der Waals surface area contributed by atoms with Gasteiger partial charge in [0.15, 0.2) is 0 Å². The van der Waals surface area contributed by atoms with E-state index in [4.69, 9.17) is 5.73 Å². The van der Waals surface area contributed by atoms with E-state index < -0.39 is 29.0 Å². The summed E-state index contributed by atoms with van der Waals surface area (Å²) in [6.45, 7) is 0. The number of primary amides is 1. The number of halogens is 4. The van der Waals surface area contributed by atoms with Crippen molar-refractivity contribution >= 4 is 12.1 Å². The molecule has 32 heavy (non-hydrogen) atoms. The molecule has 1 aliphatic rings. The lowest BCUT2D eigenvalue weighted by molar-refractivity contribution is -0.137. The average molecular weight is 439 g/mol. The zero-order valence-corrected chi connectivity index (χ0v) is 16.6. The molecule has 0 radical (unpaired) electrons. The normalized spacial score (nSPS) is 17.6. The van der Waals surface area contributed by atoms with Crippen molar-refractivity contribution in [1.82, 2.24) is 4.98 Å². The Morgan fingerprint density at radius 2 is 1.81 bits per heavy atom. The Morgan fingerprint density at radius 1 is 1.03 bits per heavy atom. The molecule has 4 nitrogen and oxygen atoms in total. The predicted octanol–water partition coefficient (Wildman–Crippen LogP) is 5.08. The van der Waals surface area contributed by atoms with Crippen LogP contribution in [0.25, 0.3) is 11.1 Å². The standard InChI is InChI=1S/C24H17F4N3O/c25-20-7-2-1-5-16(20)14-23(10-4-12-31-23)21-18(6-3-11-30-21)17-9-8-15(22(29)32)13-19(17)24(26,27)28/h1-13H,14H2,(H2,29,32). The Kier molecular flexibility index (Phi) is 5.38. The minimum absolute atomic E-state index is 0.0669. The Bertz CT molecular complexity index is 1240. The molecule has 0 bridgehead atoms. The highest BCUT2D eigenvalue weighted by Gasteiger charge is 2.39. The maximum atomic E-state index is 14.4. The second kappa shape index (κ2) is 8.03. The van der Waals surface area contributed by atoms with E-state index in [1.807, 2.05) is 0 Å². The van der Waals surface area contributed by atoms with Gasteiger partial charge < -0.3 is 5.73 Å². The van der Waals surface area contributed by atoms with Gasteiger partial charge in [0, 0.05) is 30.0 Å². The van der Waals surface area contributed by atoms with Gasteiger partial charge in [0.2, 0.25) is 5.91 Å². The smallest absolute Gasteiger partial charge is 0.366 e. The van der Waals surface area contributed by atoms with E-state index in [0.29, 0.717) is 5.56 Å². The van der Waals surface area contributed by atoms with E-state index in [1.165, 1.54) is 42.7 Å². The van der Waals surface area contributed by atoms with Gasteiger partial charge in [-0.05, 0) is 47.5 Å². The molecule has 2 heterocycles. The molecular formula is C24H17F4N3O. The summed E-state index contributed by atoms with van der Waals surface area (Å²) >= 11 is 0. The minimum Gasteiger partial charge on any atom is -0.366 e. The van der Waals surface area contributed by atoms with Crippen LogP contribution >= 0.6 is 0 Å². The van der Waals surface area contributed by atoms with Gasteiger partial charge in [-0.25, -0.2) is 4.39 Å². The third kappa shape index (κ3) is 3.91. The summed E-state index contributed by atoms with van der Waals surface area (Å²) in [4.78, 5) is 20.3. The molecule has 3 aromatic rings. The van der Waals surface area contributed by atoms with E-state index in [9.17, 15) is 22.4 Å². The lowest BCUT2D eigenvalue weighted by Gasteiger charge is -2.27. The Morgan fingerprint density at radius 3 is 2.47 bits per heavy atom. The topological polar surface area (TPSA) is 68.3 Å². The first-order valence-corrected chi connectivity index (χ1v) is 9.65. The summed E-state index contributed by atoms with van der Waals surface area (Å²) in [6.07, 6.45) is 1.63. The molecule has 0 aliphatic carbocycles. The second-order valence-electron chi connectivity index (χ2n) is 7.35. The largest absolute Gasteiger partial charge is 0.417 e. The third-order valence-electron chi connectivity index (χ3n) is 5.30. The number of hydrogen-bond acceptors (Lipinski definition) is 3. The van der Waals surface area contributed by atoms with Crippen LogP contribution in [-0.2, 0) is 18.1 Å². The van der Waals surface area contributed by atoms with Crippen LogP contribution in [0.5, 0.6) is 0 Å². The highest BCUT2D eigenvalue weighted by molar-refractivity contribution is 5.94. The number of amides is 1. The molecule has 2 N–H and O–H groups in total. The molecule has 162 valence electrons. The van der Waals surface area contributed by atoms with Gasteiger partial charge in [-0.1, -0.05) is 30.3 Å². The highest BCUT2D eigenvalue weighted by Crippen LogP contribution is 2.43. The van der Waals surface area contributed by atoms with Gasteiger partial charge in [-0.2, -0.15) is 13.2 Å². The van der Waals surface area contributed by atoms with Crippen LogP contribution < -0.4 is 5.73 Å². The maximum absolute atomic E-state index is 14.4. The fraction of sp³-hybridized carbons (Fsp3) is 0.125. The molecule has 2 aromatic carbocycles. The SMILES string of the molecule is NC(=O)c1ccc(-c2cccnc2C2(Cc3ccccc3F)C=CC=N2)c(C(F)(F)F)c1. The Balaban J connectivity index is 1.92. The van der Waals surface area contributed by atoms with Crippen LogP contribution in [0.15, 0.2) is 77.9 Å². The lowest BCUT2D eigenvalue weighted by Crippen LogP contribution is -2.26. The van der Waals surface area contributed by atoms with Crippen molar-refractivity contribution in [3.63, 3.8) is 0 Å². The van der Waals surface area contributed by atoms with Gasteiger partial charge >= 0.3 is 6.18 Å². The first-order valence-electron chi connectivity index (χ1n) is 9.65. The van der Waals surface area contributed by atoms with Crippen LogP contribution in [0.2, 0.25) is 0 Å². The summed E-state index contributed by atoms with van der Waals surface area (Å²) in [7, 11) is 0. The zero-order chi connectivity index (χ0) is 22.9. The molecule has 0 spiro atoms. The summed E-state index contributed by atoms with van der Waals surface area (Å²) < 4.78 is 56.2. The number of hydrogen-bond donors (Lipinski definition) is 1. The molecule has 0 fully saturated rings. The van der Waals surface area contributed by atoms with Gasteiger partial charge in [-0.15, -0.1) is 0 Å².